The van der Waals surface area contributed by atoms with Gasteiger partial charge in [-0.15, -0.1) is 0 Å². The van der Waals surface area contributed by atoms with Crippen molar-refractivity contribution in [3.8, 4) is 5.75 Å². The summed E-state index contributed by atoms with van der Waals surface area (Å²) in [4.78, 5) is 50.4. The summed E-state index contributed by atoms with van der Waals surface area (Å²) in [5, 5.41) is 36.6. The molecule has 0 aliphatic rings. The van der Waals surface area contributed by atoms with Crippen molar-refractivity contribution < 1.29 is 34.5 Å². The van der Waals surface area contributed by atoms with Gasteiger partial charge in [0.2, 0.25) is 17.7 Å². The Morgan fingerprint density at radius 2 is 1.37 bits per heavy atom. The van der Waals surface area contributed by atoms with Crippen LogP contribution in [0.5, 0.6) is 5.75 Å². The Labute approximate surface area is 222 Å². The predicted molar refractivity (Wildman–Crippen MR) is 141 cm³/mol. The minimum Gasteiger partial charge on any atom is -0.508 e. The molecule has 0 aromatic heterocycles. The monoisotopic (exact) mass is 538 g/mol. The third kappa shape index (κ3) is 11.9. The number of carbonyl (C=O) groups is 4. The Balaban J connectivity index is 3.03. The van der Waals surface area contributed by atoms with Crippen molar-refractivity contribution in [1.29, 1.82) is 0 Å². The fraction of sp³-hybridized carbons (Fsp3) is 0.600. The lowest BCUT2D eigenvalue weighted by Crippen LogP contribution is -2.60. The highest BCUT2D eigenvalue weighted by Crippen LogP contribution is 2.12. The van der Waals surface area contributed by atoms with Crippen LogP contribution in [0.15, 0.2) is 24.3 Å². The van der Waals surface area contributed by atoms with Crippen molar-refractivity contribution in [1.82, 2.24) is 16.0 Å². The maximum Gasteiger partial charge on any atom is 0.326 e. The lowest BCUT2D eigenvalue weighted by Gasteiger charge is -2.26. The number of nitrogens with two attached hydrogens (primary N) is 3. The average molecular weight is 539 g/mol. The molecule has 1 aromatic carbocycles. The number of hydrogen-bond acceptors (Lipinski definition) is 9. The molecule has 3 amide bonds. The zero-order valence-corrected chi connectivity index (χ0v) is 21.8. The third-order valence-corrected chi connectivity index (χ3v) is 5.94. The van der Waals surface area contributed by atoms with Crippen molar-refractivity contribution in [3.05, 3.63) is 29.8 Å². The molecule has 0 saturated heterocycles. The Bertz CT molecular complexity index is 897. The Kier molecular flexibility index (Phi) is 14.9. The number of phenols is 1. The lowest BCUT2D eigenvalue weighted by molar-refractivity contribution is -0.143. The number of hydrogen-bond donors (Lipinski definition) is 9. The van der Waals surface area contributed by atoms with Gasteiger partial charge in [0.15, 0.2) is 0 Å². The number of aliphatic hydroxyl groups excluding tert-OH is 1. The molecule has 1 aromatic rings. The maximum atomic E-state index is 13.2. The molecule has 5 unspecified atom stereocenters. The van der Waals surface area contributed by atoms with E-state index in [-0.39, 0.29) is 18.6 Å². The van der Waals surface area contributed by atoms with E-state index in [9.17, 15) is 34.5 Å². The SMILES string of the molecule is CC(O)C(NC(=O)C(Cc1ccc(O)cc1)NC(=O)C(N)CCCCN)C(=O)NC(CCCCN)C(=O)O. The van der Waals surface area contributed by atoms with Crippen LogP contribution in [0.4, 0.5) is 0 Å². The molecule has 1 rings (SSSR count). The largest absolute Gasteiger partial charge is 0.508 e. The van der Waals surface area contributed by atoms with Gasteiger partial charge in [-0.2, -0.15) is 0 Å². The molecule has 13 nitrogen and oxygen atoms in total. The van der Waals surface area contributed by atoms with Crippen LogP contribution >= 0.6 is 0 Å². The number of aliphatic hydroxyl groups is 1. The molecule has 0 heterocycles. The number of aliphatic carboxylic acids is 1. The number of benzene rings is 1. The number of nitrogens with one attached hydrogen (secondary N) is 3. The molecule has 0 aliphatic heterocycles. The van der Waals surface area contributed by atoms with Gasteiger partial charge < -0.3 is 48.5 Å². The summed E-state index contributed by atoms with van der Waals surface area (Å²) in [6.45, 7) is 2.10. The summed E-state index contributed by atoms with van der Waals surface area (Å²) in [7, 11) is 0. The van der Waals surface area contributed by atoms with Gasteiger partial charge in [0.25, 0.3) is 0 Å². The zero-order valence-electron chi connectivity index (χ0n) is 21.8. The highest BCUT2D eigenvalue weighted by Gasteiger charge is 2.32. The molecule has 38 heavy (non-hydrogen) atoms. The third-order valence-electron chi connectivity index (χ3n) is 5.94. The topological polar surface area (TPSA) is 243 Å². The zero-order chi connectivity index (χ0) is 28.7. The predicted octanol–water partition coefficient (Wildman–Crippen LogP) is -1.56. The summed E-state index contributed by atoms with van der Waals surface area (Å²) < 4.78 is 0. The van der Waals surface area contributed by atoms with Gasteiger partial charge in [-0.1, -0.05) is 18.6 Å². The van der Waals surface area contributed by atoms with Gasteiger partial charge in [-0.3, -0.25) is 14.4 Å². The minimum absolute atomic E-state index is 0.00163. The van der Waals surface area contributed by atoms with E-state index in [0.717, 1.165) is 0 Å². The number of carboxylic acid groups (broad SMARTS) is 1. The number of carbonyl (C=O) groups excluding carboxylic acids is 3. The molecule has 214 valence electrons. The number of aromatic hydroxyl groups is 1. The average Bonchev–Trinajstić information content (AvgIpc) is 2.87. The fourth-order valence-electron chi connectivity index (χ4n) is 3.67. The summed E-state index contributed by atoms with van der Waals surface area (Å²) in [6, 6.07) is 1.20. The second-order valence-electron chi connectivity index (χ2n) is 9.23. The molecular weight excluding hydrogens is 496 g/mol. The first-order chi connectivity index (χ1) is 18.0. The second-order valence-corrected chi connectivity index (χ2v) is 9.23. The van der Waals surface area contributed by atoms with Crippen molar-refractivity contribution >= 4 is 23.7 Å². The van der Waals surface area contributed by atoms with Crippen molar-refractivity contribution in [2.45, 2.75) is 82.1 Å². The molecule has 0 aliphatic carbocycles. The quantitative estimate of drug-likeness (QED) is 0.0973. The Hall–Kier alpha value is -3.26. The van der Waals surface area contributed by atoms with Crippen LogP contribution in [0.1, 0.15) is 51.0 Å². The molecular formula is C25H42N6O7. The van der Waals surface area contributed by atoms with Gasteiger partial charge in [0.05, 0.1) is 12.1 Å². The van der Waals surface area contributed by atoms with E-state index in [0.29, 0.717) is 50.8 Å². The first kappa shape index (κ1) is 32.8. The second kappa shape index (κ2) is 17.3. The highest BCUT2D eigenvalue weighted by atomic mass is 16.4. The standard InChI is InChI=1S/C25H42N6O7/c1-15(32)21(24(36)29-19(25(37)38)7-3-5-13-27)31-23(35)20(14-16-8-10-17(33)11-9-16)30-22(34)18(28)6-2-4-12-26/h8-11,15,18-21,32-33H,2-7,12-14,26-28H2,1H3,(H,29,36)(H,30,34)(H,31,35)(H,37,38). The van der Waals surface area contributed by atoms with E-state index in [2.05, 4.69) is 16.0 Å². The summed E-state index contributed by atoms with van der Waals surface area (Å²) in [5.41, 5.74) is 17.5. The van der Waals surface area contributed by atoms with Crippen LogP contribution in [0.2, 0.25) is 0 Å². The molecule has 0 bridgehead atoms. The first-order valence-corrected chi connectivity index (χ1v) is 12.8. The van der Waals surface area contributed by atoms with Crippen LogP contribution in [-0.4, -0.2) is 82.4 Å². The lowest BCUT2D eigenvalue weighted by atomic mass is 10.0. The van der Waals surface area contributed by atoms with Gasteiger partial charge in [-0.25, -0.2) is 4.79 Å². The van der Waals surface area contributed by atoms with Gasteiger partial charge in [0.1, 0.15) is 23.9 Å². The van der Waals surface area contributed by atoms with E-state index < -0.39 is 54.0 Å². The molecule has 0 radical (unpaired) electrons. The molecule has 13 heteroatoms. The maximum absolute atomic E-state index is 13.2. The first-order valence-electron chi connectivity index (χ1n) is 12.8. The number of rotatable bonds is 18. The Morgan fingerprint density at radius 1 is 0.816 bits per heavy atom. The smallest absolute Gasteiger partial charge is 0.326 e. The van der Waals surface area contributed by atoms with Gasteiger partial charge in [0, 0.05) is 6.42 Å². The summed E-state index contributed by atoms with van der Waals surface area (Å²) >= 11 is 0. The molecule has 0 spiro atoms. The van der Waals surface area contributed by atoms with Crippen molar-refractivity contribution in [3.63, 3.8) is 0 Å². The number of unbranched alkanes of at least 4 members (excludes halogenated alkanes) is 2. The van der Waals surface area contributed by atoms with Gasteiger partial charge in [-0.05, 0) is 69.8 Å². The molecule has 0 fully saturated rings. The van der Waals surface area contributed by atoms with Crippen LogP contribution < -0.4 is 33.2 Å². The Morgan fingerprint density at radius 3 is 1.89 bits per heavy atom. The number of carboxylic acids is 1. The van der Waals surface area contributed by atoms with E-state index in [1.165, 1.54) is 19.1 Å². The molecule has 0 saturated carbocycles. The normalized spacial score (nSPS) is 15.0. The van der Waals surface area contributed by atoms with E-state index in [1.54, 1.807) is 12.1 Å². The molecule has 5 atom stereocenters. The van der Waals surface area contributed by atoms with Gasteiger partial charge >= 0.3 is 5.97 Å². The number of phenolic OH excluding ortho intramolecular Hbond substituents is 1. The summed E-state index contributed by atoms with van der Waals surface area (Å²) in [5.74, 6) is -3.48. The summed E-state index contributed by atoms with van der Waals surface area (Å²) in [6.07, 6.45) is 1.46. The van der Waals surface area contributed by atoms with Crippen LogP contribution in [0.3, 0.4) is 0 Å². The van der Waals surface area contributed by atoms with E-state index >= 15 is 0 Å². The van der Waals surface area contributed by atoms with Crippen LogP contribution in [-0.2, 0) is 25.6 Å². The van der Waals surface area contributed by atoms with E-state index in [4.69, 9.17) is 17.2 Å². The highest BCUT2D eigenvalue weighted by molar-refractivity contribution is 5.94. The van der Waals surface area contributed by atoms with Crippen LogP contribution in [0.25, 0.3) is 0 Å². The van der Waals surface area contributed by atoms with Crippen molar-refractivity contribution in [2.75, 3.05) is 13.1 Å². The van der Waals surface area contributed by atoms with Crippen molar-refractivity contribution in [2.24, 2.45) is 17.2 Å². The van der Waals surface area contributed by atoms with E-state index in [1.807, 2.05) is 0 Å². The number of amides is 3. The minimum atomic E-state index is -1.49. The molecule has 12 N–H and O–H groups in total. The fourth-order valence-corrected chi connectivity index (χ4v) is 3.67. The van der Waals surface area contributed by atoms with Crippen LogP contribution in [0, 0.1) is 0 Å².